The van der Waals surface area contributed by atoms with Crippen LogP contribution in [0.2, 0.25) is 0 Å². The van der Waals surface area contributed by atoms with Crippen LogP contribution in [0.3, 0.4) is 0 Å². The fourth-order valence-corrected chi connectivity index (χ4v) is 2.85. The van der Waals surface area contributed by atoms with Crippen molar-refractivity contribution in [3.05, 3.63) is 40.6 Å². The Kier molecular flexibility index (Phi) is 4.98. The Bertz CT molecular complexity index is 646. The molecule has 1 heterocycles. The van der Waals surface area contributed by atoms with Crippen molar-refractivity contribution >= 4 is 34.0 Å². The molecule has 2 aromatic rings. The van der Waals surface area contributed by atoms with Gasteiger partial charge in [0, 0.05) is 17.5 Å². The first-order valence-electron chi connectivity index (χ1n) is 6.50. The van der Waals surface area contributed by atoms with Gasteiger partial charge >= 0.3 is 5.69 Å². The minimum absolute atomic E-state index is 0.0122. The summed E-state index contributed by atoms with van der Waals surface area (Å²) in [7, 11) is 0. The van der Waals surface area contributed by atoms with Gasteiger partial charge in [0.2, 0.25) is 0 Å². The molecule has 0 aliphatic rings. The third kappa shape index (κ3) is 3.25. The first kappa shape index (κ1) is 15.5. The lowest BCUT2D eigenvalue weighted by molar-refractivity contribution is -0.382. The molecule has 0 saturated heterocycles. The standard InChI is InChI=1S/C14H17N3O3S/c1-9(13(8-18)21-2)16-12-6-5-11-10(4-3-7-15-11)14(12)17(19)20/h3-7,9,13,16,18H,8H2,1-2H3/t9-,13-/m0/s1. The monoisotopic (exact) mass is 307 g/mol. The van der Waals surface area contributed by atoms with Crippen LogP contribution < -0.4 is 5.32 Å². The van der Waals surface area contributed by atoms with E-state index in [1.165, 1.54) is 11.8 Å². The Balaban J connectivity index is 2.44. The summed E-state index contributed by atoms with van der Waals surface area (Å²) in [6, 6.07) is 6.69. The molecule has 0 spiro atoms. The number of aliphatic hydroxyl groups is 1. The average molecular weight is 307 g/mol. The maximum Gasteiger partial charge on any atom is 0.301 e. The highest BCUT2D eigenvalue weighted by atomic mass is 32.2. The molecule has 0 radical (unpaired) electrons. The number of fused-ring (bicyclic) bond motifs is 1. The lowest BCUT2D eigenvalue weighted by Gasteiger charge is -2.22. The summed E-state index contributed by atoms with van der Waals surface area (Å²) < 4.78 is 0. The van der Waals surface area contributed by atoms with Crippen LogP contribution in [0.25, 0.3) is 10.9 Å². The molecule has 2 atom stereocenters. The minimum atomic E-state index is -0.397. The number of benzene rings is 1. The molecule has 21 heavy (non-hydrogen) atoms. The Hall–Kier alpha value is -1.86. The lowest BCUT2D eigenvalue weighted by atomic mass is 10.1. The van der Waals surface area contributed by atoms with E-state index in [-0.39, 0.29) is 23.6 Å². The second-order valence-corrected chi connectivity index (χ2v) is 5.76. The van der Waals surface area contributed by atoms with Gasteiger partial charge in [-0.25, -0.2) is 0 Å². The zero-order chi connectivity index (χ0) is 15.4. The molecule has 0 amide bonds. The van der Waals surface area contributed by atoms with Crippen molar-refractivity contribution in [2.24, 2.45) is 0 Å². The first-order chi connectivity index (χ1) is 10.1. The first-order valence-corrected chi connectivity index (χ1v) is 7.79. The normalized spacial score (nSPS) is 13.9. The predicted molar refractivity (Wildman–Crippen MR) is 85.9 cm³/mol. The van der Waals surface area contributed by atoms with Crippen molar-refractivity contribution in [1.82, 2.24) is 4.98 Å². The third-order valence-corrected chi connectivity index (χ3v) is 4.53. The highest BCUT2D eigenvalue weighted by Gasteiger charge is 2.22. The molecule has 112 valence electrons. The van der Waals surface area contributed by atoms with Gasteiger partial charge in [0.15, 0.2) is 0 Å². The lowest BCUT2D eigenvalue weighted by Crippen LogP contribution is -2.31. The quantitative estimate of drug-likeness (QED) is 0.630. The zero-order valence-corrected chi connectivity index (χ0v) is 12.6. The number of nitro groups is 1. The van der Waals surface area contributed by atoms with Crippen molar-refractivity contribution in [3.8, 4) is 0 Å². The van der Waals surface area contributed by atoms with Gasteiger partial charge in [-0.2, -0.15) is 11.8 Å². The highest BCUT2D eigenvalue weighted by Crippen LogP contribution is 2.33. The Morgan fingerprint density at radius 2 is 2.24 bits per heavy atom. The fraction of sp³-hybridized carbons (Fsp3) is 0.357. The number of aromatic nitrogens is 1. The summed E-state index contributed by atoms with van der Waals surface area (Å²) in [5.74, 6) is 0. The van der Waals surface area contributed by atoms with Crippen molar-refractivity contribution in [3.63, 3.8) is 0 Å². The summed E-state index contributed by atoms with van der Waals surface area (Å²) in [5.41, 5.74) is 1.05. The summed E-state index contributed by atoms with van der Waals surface area (Å²) in [5, 5.41) is 24.3. The topological polar surface area (TPSA) is 88.3 Å². The number of nitro benzene ring substituents is 1. The maximum atomic E-state index is 11.4. The largest absolute Gasteiger partial charge is 0.395 e. The minimum Gasteiger partial charge on any atom is -0.395 e. The number of rotatable bonds is 6. The number of pyridine rings is 1. The van der Waals surface area contributed by atoms with Gasteiger partial charge in [-0.05, 0) is 37.4 Å². The van der Waals surface area contributed by atoms with Crippen molar-refractivity contribution < 1.29 is 10.0 Å². The molecule has 0 aliphatic carbocycles. The SMILES string of the molecule is CS[C@@H](CO)[C@H](C)Nc1ccc2ncccc2c1[N+](=O)[O-]. The molecule has 1 aromatic carbocycles. The maximum absolute atomic E-state index is 11.4. The number of nitrogens with zero attached hydrogens (tertiary/aromatic N) is 2. The van der Waals surface area contributed by atoms with Crippen LogP contribution in [0, 0.1) is 10.1 Å². The molecule has 7 heteroatoms. The van der Waals surface area contributed by atoms with Gasteiger partial charge in [-0.3, -0.25) is 15.1 Å². The van der Waals surface area contributed by atoms with E-state index < -0.39 is 4.92 Å². The number of nitrogens with one attached hydrogen (secondary N) is 1. The molecular weight excluding hydrogens is 290 g/mol. The highest BCUT2D eigenvalue weighted by molar-refractivity contribution is 7.99. The van der Waals surface area contributed by atoms with Gasteiger partial charge in [0.05, 0.1) is 22.4 Å². The van der Waals surface area contributed by atoms with E-state index in [4.69, 9.17) is 0 Å². The van der Waals surface area contributed by atoms with E-state index in [0.717, 1.165) is 0 Å². The van der Waals surface area contributed by atoms with Crippen LogP contribution in [0.4, 0.5) is 11.4 Å². The van der Waals surface area contributed by atoms with Crippen molar-refractivity contribution in [2.45, 2.75) is 18.2 Å². The number of anilines is 1. The third-order valence-electron chi connectivity index (χ3n) is 3.36. The molecule has 2 N–H and O–H groups in total. The fourth-order valence-electron chi connectivity index (χ4n) is 2.23. The Labute approximate surface area is 126 Å². The second kappa shape index (κ2) is 6.73. The molecule has 0 aliphatic heterocycles. The Morgan fingerprint density at radius 1 is 1.48 bits per heavy atom. The number of hydrogen-bond donors (Lipinski definition) is 2. The summed E-state index contributed by atoms with van der Waals surface area (Å²) in [6.45, 7) is 1.91. The van der Waals surface area contributed by atoms with E-state index in [0.29, 0.717) is 16.6 Å². The number of aliphatic hydroxyl groups excluding tert-OH is 1. The van der Waals surface area contributed by atoms with Crippen LogP contribution in [0.5, 0.6) is 0 Å². The molecule has 0 saturated carbocycles. The number of thioether (sulfide) groups is 1. The summed E-state index contributed by atoms with van der Waals surface area (Å²) in [4.78, 5) is 15.1. The van der Waals surface area contributed by atoms with Crippen LogP contribution in [-0.4, -0.2) is 39.2 Å². The molecule has 0 bridgehead atoms. The van der Waals surface area contributed by atoms with Crippen LogP contribution in [0.1, 0.15) is 6.92 Å². The summed E-state index contributed by atoms with van der Waals surface area (Å²) in [6.07, 6.45) is 3.51. The molecule has 6 nitrogen and oxygen atoms in total. The van der Waals surface area contributed by atoms with Gasteiger partial charge < -0.3 is 10.4 Å². The molecule has 1 aromatic heterocycles. The van der Waals surface area contributed by atoms with Crippen LogP contribution >= 0.6 is 11.8 Å². The van der Waals surface area contributed by atoms with Gasteiger partial charge in [-0.15, -0.1) is 0 Å². The second-order valence-electron chi connectivity index (χ2n) is 4.68. The van der Waals surface area contributed by atoms with E-state index in [9.17, 15) is 15.2 Å². The Morgan fingerprint density at radius 3 is 2.86 bits per heavy atom. The van der Waals surface area contributed by atoms with Crippen LogP contribution in [0.15, 0.2) is 30.5 Å². The van der Waals surface area contributed by atoms with E-state index in [2.05, 4.69) is 10.3 Å². The number of hydrogen-bond acceptors (Lipinski definition) is 6. The van der Waals surface area contributed by atoms with Crippen molar-refractivity contribution in [1.29, 1.82) is 0 Å². The van der Waals surface area contributed by atoms with Crippen molar-refractivity contribution in [2.75, 3.05) is 18.2 Å². The van der Waals surface area contributed by atoms with Gasteiger partial charge in [0.25, 0.3) is 0 Å². The molecule has 2 rings (SSSR count). The average Bonchev–Trinajstić information content (AvgIpc) is 2.47. The van der Waals surface area contributed by atoms with E-state index >= 15 is 0 Å². The molecular formula is C14H17N3O3S. The van der Waals surface area contributed by atoms with Gasteiger partial charge in [0.1, 0.15) is 5.69 Å². The molecule has 0 fully saturated rings. The van der Waals surface area contributed by atoms with E-state index in [1.54, 1.807) is 30.5 Å². The summed E-state index contributed by atoms with van der Waals surface area (Å²) >= 11 is 1.52. The zero-order valence-electron chi connectivity index (χ0n) is 11.8. The smallest absolute Gasteiger partial charge is 0.301 e. The van der Waals surface area contributed by atoms with Gasteiger partial charge in [-0.1, -0.05) is 0 Å². The molecule has 0 unspecified atom stereocenters. The predicted octanol–water partition coefficient (Wildman–Crippen LogP) is 2.67. The van der Waals surface area contributed by atoms with Crippen LogP contribution in [-0.2, 0) is 0 Å². The van der Waals surface area contributed by atoms with E-state index in [1.807, 2.05) is 13.2 Å².